The molecule has 0 aromatic carbocycles. The largest absolute Gasteiger partial charge is 0.316 e. The minimum atomic E-state index is -0.786. The number of piperazine rings is 1. The van der Waals surface area contributed by atoms with Crippen LogP contribution in [0.3, 0.4) is 0 Å². The number of thioether (sulfide) groups is 2. The van der Waals surface area contributed by atoms with Crippen LogP contribution in [0.4, 0.5) is 0 Å². The van der Waals surface area contributed by atoms with Crippen LogP contribution in [-0.4, -0.2) is 48.8 Å². The minimum absolute atomic E-state index is 0.0665. The van der Waals surface area contributed by atoms with Crippen molar-refractivity contribution in [2.45, 2.75) is 35.4 Å². The molecule has 2 amide bonds. The molecule has 0 radical (unpaired) electrons. The predicted molar refractivity (Wildman–Crippen MR) is 70.3 cm³/mol. The first-order chi connectivity index (χ1) is 8.60. The molecule has 2 atom stereocenters. The summed E-state index contributed by atoms with van der Waals surface area (Å²) in [5, 5.41) is 8.07. The molecule has 0 aromatic heterocycles. The molecule has 7 heteroatoms. The topological polar surface area (TPSA) is 64.5 Å². The third-order valence-corrected chi connectivity index (χ3v) is 7.09. The summed E-state index contributed by atoms with van der Waals surface area (Å²) in [6.45, 7) is 1.34. The molecule has 5 fully saturated rings. The van der Waals surface area contributed by atoms with Crippen molar-refractivity contribution < 1.29 is 9.59 Å². The first-order valence-electron chi connectivity index (χ1n) is 6.21. The first kappa shape index (κ1) is 11.2. The maximum atomic E-state index is 12.8. The van der Waals surface area contributed by atoms with Crippen LogP contribution in [-0.2, 0) is 9.59 Å². The highest BCUT2D eigenvalue weighted by Crippen LogP contribution is 2.58. The van der Waals surface area contributed by atoms with Crippen LogP contribution in [0.1, 0.15) is 25.7 Å². The number of fused-ring (bicyclic) bond motifs is 2. The van der Waals surface area contributed by atoms with Crippen molar-refractivity contribution in [2.75, 3.05) is 13.1 Å². The molecule has 1 N–H and O–H groups in total. The number of nitrogens with zero attached hydrogens (tertiary/aromatic N) is 2. The lowest BCUT2D eigenvalue weighted by atomic mass is 10.1. The first-order valence-corrected chi connectivity index (χ1v) is 7.84. The lowest BCUT2D eigenvalue weighted by Crippen LogP contribution is -2.69. The van der Waals surface area contributed by atoms with Gasteiger partial charge in [0.25, 0.3) is 11.8 Å². The maximum Gasteiger partial charge on any atom is 0.261 e. The molecule has 5 rings (SSSR count). The number of hydrogen-bond donors (Lipinski definition) is 1. The Balaban J connectivity index is 1.97. The Hall–Kier alpha value is -0.690. The molecule has 5 aliphatic rings. The summed E-state index contributed by atoms with van der Waals surface area (Å²) in [4.78, 5) is 27.5. The number of amides is 2. The smallest absolute Gasteiger partial charge is 0.261 e. The lowest BCUT2D eigenvalue weighted by Gasteiger charge is -2.48. The van der Waals surface area contributed by atoms with Crippen molar-refractivity contribution in [1.82, 2.24) is 9.80 Å². The number of nitrogens with one attached hydrogen (secondary N) is 1. The molecular weight excluding hydrogens is 270 g/mol. The van der Waals surface area contributed by atoms with Gasteiger partial charge in [-0.25, -0.2) is 0 Å². The highest BCUT2D eigenvalue weighted by atomic mass is 32.2. The summed E-state index contributed by atoms with van der Waals surface area (Å²) >= 11 is 2.58. The normalized spacial score (nSPS) is 42.3. The minimum Gasteiger partial charge on any atom is -0.316 e. The zero-order valence-electron chi connectivity index (χ0n) is 9.77. The fourth-order valence-electron chi connectivity index (χ4n) is 3.61. The third kappa shape index (κ3) is 1.02. The molecule has 96 valence electrons. The molecule has 5 aliphatic heterocycles. The SMILES string of the molecule is N=C1SC23CCCN2C(=O)C2(CCCN2C3=O)S1. The van der Waals surface area contributed by atoms with E-state index in [1.54, 1.807) is 9.80 Å². The predicted octanol–water partition coefficient (Wildman–Crippen LogP) is 1.05. The van der Waals surface area contributed by atoms with E-state index < -0.39 is 9.74 Å². The maximum absolute atomic E-state index is 12.8. The molecule has 0 aromatic rings. The zero-order chi connectivity index (χ0) is 12.5. The summed E-state index contributed by atoms with van der Waals surface area (Å²) in [5.74, 6) is 0.133. The summed E-state index contributed by atoms with van der Waals surface area (Å²) in [7, 11) is 0. The summed E-state index contributed by atoms with van der Waals surface area (Å²) in [6.07, 6.45) is 3.12. The van der Waals surface area contributed by atoms with E-state index in [0.717, 1.165) is 12.8 Å². The lowest BCUT2D eigenvalue weighted by molar-refractivity contribution is -0.161. The van der Waals surface area contributed by atoms with Crippen molar-refractivity contribution in [1.29, 1.82) is 5.41 Å². The van der Waals surface area contributed by atoms with Gasteiger partial charge in [-0.2, -0.15) is 0 Å². The average molecular weight is 283 g/mol. The highest BCUT2D eigenvalue weighted by Gasteiger charge is 2.69. The van der Waals surface area contributed by atoms with Gasteiger partial charge >= 0.3 is 0 Å². The standard InChI is InChI=1S/C11H13N3O2S2/c12-9-17-10-3-1-5-13(10)8(16)11(18-9)4-2-6-14(11)7(10)15/h12H,1-6H2. The Bertz CT molecular complexity index is 455. The summed E-state index contributed by atoms with van der Waals surface area (Å²) in [5.41, 5.74) is 0. The Morgan fingerprint density at radius 2 is 1.39 bits per heavy atom. The van der Waals surface area contributed by atoms with Gasteiger partial charge in [-0.3, -0.25) is 15.0 Å². The fraction of sp³-hybridized carbons (Fsp3) is 0.727. The van der Waals surface area contributed by atoms with Crippen molar-refractivity contribution in [2.24, 2.45) is 0 Å². The molecule has 18 heavy (non-hydrogen) atoms. The second-order valence-corrected chi connectivity index (χ2v) is 8.01. The van der Waals surface area contributed by atoms with Crippen molar-refractivity contribution >= 4 is 39.7 Å². The fourth-order valence-corrected chi connectivity index (χ4v) is 6.67. The van der Waals surface area contributed by atoms with Crippen LogP contribution >= 0.6 is 23.5 Å². The molecule has 5 nitrogen and oxygen atoms in total. The third-order valence-electron chi connectivity index (χ3n) is 4.35. The van der Waals surface area contributed by atoms with E-state index in [1.165, 1.54) is 23.5 Å². The van der Waals surface area contributed by atoms with Gasteiger partial charge in [0, 0.05) is 13.1 Å². The van der Waals surface area contributed by atoms with Gasteiger partial charge < -0.3 is 9.80 Å². The monoisotopic (exact) mass is 283 g/mol. The Labute approximate surface area is 113 Å². The van der Waals surface area contributed by atoms with Crippen LogP contribution in [0.5, 0.6) is 0 Å². The van der Waals surface area contributed by atoms with Gasteiger partial charge in [0.1, 0.15) is 4.38 Å². The number of carbonyl (C=O) groups is 2. The van der Waals surface area contributed by atoms with E-state index in [9.17, 15) is 9.59 Å². The number of carbonyl (C=O) groups excluding carboxylic acids is 2. The molecule has 2 spiro atoms. The molecule has 5 saturated heterocycles. The second-order valence-electron chi connectivity index (χ2n) is 5.18. The Morgan fingerprint density at radius 1 is 0.944 bits per heavy atom. The zero-order valence-corrected chi connectivity index (χ0v) is 11.4. The van der Waals surface area contributed by atoms with Crippen LogP contribution in [0.15, 0.2) is 0 Å². The van der Waals surface area contributed by atoms with Gasteiger partial charge in [0.15, 0.2) is 9.74 Å². The molecule has 2 unspecified atom stereocenters. The van der Waals surface area contributed by atoms with E-state index in [4.69, 9.17) is 5.41 Å². The average Bonchev–Trinajstić information content (AvgIpc) is 2.88. The quantitative estimate of drug-likeness (QED) is 0.722. The van der Waals surface area contributed by atoms with Crippen molar-refractivity contribution in [3.8, 4) is 0 Å². The van der Waals surface area contributed by atoms with Crippen LogP contribution in [0.25, 0.3) is 0 Å². The molecular formula is C11H13N3O2S2. The van der Waals surface area contributed by atoms with E-state index in [-0.39, 0.29) is 11.8 Å². The van der Waals surface area contributed by atoms with E-state index in [2.05, 4.69) is 0 Å². The van der Waals surface area contributed by atoms with Crippen molar-refractivity contribution in [3.05, 3.63) is 0 Å². The van der Waals surface area contributed by atoms with Gasteiger partial charge in [-0.15, -0.1) is 0 Å². The van der Waals surface area contributed by atoms with Gasteiger partial charge in [0.05, 0.1) is 0 Å². The van der Waals surface area contributed by atoms with Gasteiger partial charge in [-0.05, 0) is 25.7 Å². The van der Waals surface area contributed by atoms with Crippen LogP contribution < -0.4 is 0 Å². The van der Waals surface area contributed by atoms with Gasteiger partial charge in [-0.1, -0.05) is 23.5 Å². The van der Waals surface area contributed by atoms with E-state index in [0.29, 0.717) is 30.3 Å². The molecule has 0 aliphatic carbocycles. The molecule has 0 saturated carbocycles. The molecule has 2 bridgehead atoms. The highest BCUT2D eigenvalue weighted by molar-refractivity contribution is 8.40. The Kier molecular flexibility index (Phi) is 2.01. The number of rotatable bonds is 0. The number of hydrogen-bond acceptors (Lipinski definition) is 5. The molecule has 5 heterocycles. The second kappa shape index (κ2) is 3.25. The van der Waals surface area contributed by atoms with Gasteiger partial charge in [0.2, 0.25) is 0 Å². The van der Waals surface area contributed by atoms with E-state index in [1.807, 2.05) is 0 Å². The van der Waals surface area contributed by atoms with Crippen LogP contribution in [0, 0.1) is 5.41 Å². The van der Waals surface area contributed by atoms with E-state index >= 15 is 0 Å². The summed E-state index contributed by atoms with van der Waals surface area (Å²) < 4.78 is 0.422. The van der Waals surface area contributed by atoms with Crippen LogP contribution in [0.2, 0.25) is 0 Å². The Morgan fingerprint density at radius 3 is 1.83 bits per heavy atom. The van der Waals surface area contributed by atoms with Crippen molar-refractivity contribution in [3.63, 3.8) is 0 Å². The summed E-state index contributed by atoms with van der Waals surface area (Å²) in [6, 6.07) is 0.